The molecule has 0 fully saturated rings. The monoisotopic (exact) mass is 215 g/mol. The molecule has 0 aliphatic carbocycles. The Kier molecular flexibility index (Phi) is 2.51. The molecule has 2 heterocycles. The predicted molar refractivity (Wildman–Crippen MR) is 58.8 cm³/mol. The quantitative estimate of drug-likeness (QED) is 0.790. The lowest BCUT2D eigenvalue weighted by molar-refractivity contribution is 0.0690. The summed E-state index contributed by atoms with van der Waals surface area (Å²) in [6.07, 6.45) is 3.28. The number of nitrogens with zero attached hydrogens (tertiary/aromatic N) is 2. The second-order valence-corrected chi connectivity index (χ2v) is 3.17. The number of rotatable bonds is 2. The number of hydrogen-bond acceptors (Lipinski definition) is 4. The van der Waals surface area contributed by atoms with Crippen LogP contribution in [0.2, 0.25) is 0 Å². The molecule has 0 aliphatic rings. The lowest BCUT2D eigenvalue weighted by Gasteiger charge is -2.05. The molecule has 0 amide bonds. The van der Waals surface area contributed by atoms with E-state index in [1.165, 1.54) is 6.07 Å². The first-order valence-corrected chi connectivity index (χ1v) is 4.58. The van der Waals surface area contributed by atoms with E-state index in [1.54, 1.807) is 30.6 Å². The molecule has 0 atom stereocenters. The molecular weight excluding hydrogens is 206 g/mol. The molecule has 0 unspecified atom stereocenters. The Morgan fingerprint density at radius 3 is 2.44 bits per heavy atom. The molecule has 0 saturated carbocycles. The molecule has 0 saturated heterocycles. The first-order valence-electron chi connectivity index (χ1n) is 4.58. The lowest BCUT2D eigenvalue weighted by Crippen LogP contribution is -2.03. The molecule has 0 bridgehead atoms. The molecule has 16 heavy (non-hydrogen) atoms. The van der Waals surface area contributed by atoms with Crippen molar-refractivity contribution >= 4 is 11.8 Å². The molecule has 5 heteroatoms. The highest BCUT2D eigenvalue weighted by Gasteiger charge is 2.09. The normalized spacial score (nSPS) is 10.0. The summed E-state index contributed by atoms with van der Waals surface area (Å²) in [4.78, 5) is 18.4. The van der Waals surface area contributed by atoms with Crippen molar-refractivity contribution in [1.82, 2.24) is 9.97 Å². The number of pyridine rings is 2. The number of nitrogen functional groups attached to an aromatic ring is 1. The first kappa shape index (κ1) is 10.1. The average Bonchev–Trinajstić information content (AvgIpc) is 2.30. The Bertz CT molecular complexity index is 526. The smallest absolute Gasteiger partial charge is 0.354 e. The highest BCUT2D eigenvalue weighted by Crippen LogP contribution is 2.23. The molecule has 0 aliphatic heterocycles. The summed E-state index contributed by atoms with van der Waals surface area (Å²) in [6.45, 7) is 0. The Hall–Kier alpha value is -2.43. The molecule has 2 aromatic heterocycles. The van der Waals surface area contributed by atoms with Crippen LogP contribution in [0, 0.1) is 0 Å². The van der Waals surface area contributed by atoms with E-state index < -0.39 is 5.97 Å². The van der Waals surface area contributed by atoms with E-state index >= 15 is 0 Å². The maximum atomic E-state index is 10.7. The van der Waals surface area contributed by atoms with Crippen LogP contribution in [0.15, 0.2) is 36.7 Å². The topological polar surface area (TPSA) is 89.1 Å². The van der Waals surface area contributed by atoms with Crippen molar-refractivity contribution in [3.8, 4) is 11.1 Å². The highest BCUT2D eigenvalue weighted by molar-refractivity contribution is 5.87. The van der Waals surface area contributed by atoms with Crippen LogP contribution in [0.25, 0.3) is 11.1 Å². The van der Waals surface area contributed by atoms with Gasteiger partial charge >= 0.3 is 5.97 Å². The van der Waals surface area contributed by atoms with Crippen LogP contribution >= 0.6 is 0 Å². The molecular formula is C11H9N3O2. The van der Waals surface area contributed by atoms with Crippen molar-refractivity contribution in [3.63, 3.8) is 0 Å². The van der Waals surface area contributed by atoms with Gasteiger partial charge in [0.25, 0.3) is 0 Å². The van der Waals surface area contributed by atoms with E-state index in [1.807, 2.05) is 0 Å². The van der Waals surface area contributed by atoms with Gasteiger partial charge in [0.2, 0.25) is 0 Å². The van der Waals surface area contributed by atoms with Gasteiger partial charge in [0, 0.05) is 18.0 Å². The number of aromatic nitrogens is 2. The third-order valence-electron chi connectivity index (χ3n) is 2.14. The number of hydrogen-bond donors (Lipinski definition) is 2. The molecule has 3 N–H and O–H groups in total. The van der Waals surface area contributed by atoms with Crippen molar-refractivity contribution in [2.45, 2.75) is 0 Å². The van der Waals surface area contributed by atoms with E-state index in [0.29, 0.717) is 5.56 Å². The summed E-state index contributed by atoms with van der Waals surface area (Å²) in [6, 6.07) is 6.64. The zero-order valence-electron chi connectivity index (χ0n) is 8.29. The zero-order valence-corrected chi connectivity index (χ0v) is 8.29. The molecule has 0 radical (unpaired) electrons. The fourth-order valence-corrected chi connectivity index (χ4v) is 1.37. The van der Waals surface area contributed by atoms with Crippen LogP contribution in [-0.2, 0) is 0 Å². The maximum Gasteiger partial charge on any atom is 0.354 e. The van der Waals surface area contributed by atoms with Crippen LogP contribution in [0.5, 0.6) is 0 Å². The van der Waals surface area contributed by atoms with Crippen molar-refractivity contribution < 1.29 is 9.90 Å². The second kappa shape index (κ2) is 3.98. The summed E-state index contributed by atoms with van der Waals surface area (Å²) < 4.78 is 0. The summed E-state index contributed by atoms with van der Waals surface area (Å²) in [5, 5.41) is 8.74. The largest absolute Gasteiger partial charge is 0.477 e. The standard InChI is InChI=1S/C11H9N3O2/c12-10-8(7-3-5-13-6-4-7)1-2-9(14-10)11(15)16/h1-6H,(H2,12,14)(H,15,16). The van der Waals surface area contributed by atoms with Crippen LogP contribution < -0.4 is 5.73 Å². The summed E-state index contributed by atoms with van der Waals surface area (Å²) in [5.41, 5.74) is 7.20. The number of carboxylic acid groups (broad SMARTS) is 1. The van der Waals surface area contributed by atoms with Gasteiger partial charge < -0.3 is 10.8 Å². The number of aromatic carboxylic acids is 1. The van der Waals surface area contributed by atoms with Gasteiger partial charge in [0.15, 0.2) is 5.69 Å². The van der Waals surface area contributed by atoms with Crippen molar-refractivity contribution in [2.24, 2.45) is 0 Å². The Morgan fingerprint density at radius 2 is 1.88 bits per heavy atom. The third kappa shape index (κ3) is 1.83. The van der Waals surface area contributed by atoms with E-state index in [-0.39, 0.29) is 11.5 Å². The fraction of sp³-hybridized carbons (Fsp3) is 0. The molecule has 0 aromatic carbocycles. The Labute approximate surface area is 91.6 Å². The first-order chi connectivity index (χ1) is 7.68. The highest BCUT2D eigenvalue weighted by atomic mass is 16.4. The van der Waals surface area contributed by atoms with Gasteiger partial charge in [0.05, 0.1) is 0 Å². The second-order valence-electron chi connectivity index (χ2n) is 3.17. The van der Waals surface area contributed by atoms with Gasteiger partial charge in [-0.25, -0.2) is 9.78 Å². The van der Waals surface area contributed by atoms with Crippen LogP contribution in [0.3, 0.4) is 0 Å². The van der Waals surface area contributed by atoms with Gasteiger partial charge in [-0.1, -0.05) is 0 Å². The van der Waals surface area contributed by atoms with E-state index in [4.69, 9.17) is 10.8 Å². The SMILES string of the molecule is Nc1nc(C(=O)O)ccc1-c1ccncc1. The summed E-state index contributed by atoms with van der Waals surface area (Å²) in [7, 11) is 0. The van der Waals surface area contributed by atoms with Crippen molar-refractivity contribution in [2.75, 3.05) is 5.73 Å². The third-order valence-corrected chi connectivity index (χ3v) is 2.14. The van der Waals surface area contributed by atoms with E-state index in [0.717, 1.165) is 5.56 Å². The van der Waals surface area contributed by atoms with Gasteiger partial charge in [-0.2, -0.15) is 0 Å². The minimum atomic E-state index is -1.09. The number of anilines is 1. The molecule has 0 spiro atoms. The van der Waals surface area contributed by atoms with E-state index in [2.05, 4.69) is 9.97 Å². The average molecular weight is 215 g/mol. The Morgan fingerprint density at radius 1 is 1.19 bits per heavy atom. The lowest BCUT2D eigenvalue weighted by atomic mass is 10.1. The molecule has 5 nitrogen and oxygen atoms in total. The van der Waals surface area contributed by atoms with Crippen LogP contribution in [0.4, 0.5) is 5.82 Å². The van der Waals surface area contributed by atoms with Gasteiger partial charge in [-0.05, 0) is 29.8 Å². The minimum absolute atomic E-state index is 0.0599. The fourth-order valence-electron chi connectivity index (χ4n) is 1.37. The molecule has 2 rings (SSSR count). The molecule has 2 aromatic rings. The Balaban J connectivity index is 2.48. The summed E-state index contributed by atoms with van der Waals surface area (Å²) >= 11 is 0. The maximum absolute atomic E-state index is 10.7. The van der Waals surface area contributed by atoms with Gasteiger partial charge in [-0.3, -0.25) is 4.98 Å². The van der Waals surface area contributed by atoms with Gasteiger partial charge in [-0.15, -0.1) is 0 Å². The van der Waals surface area contributed by atoms with Crippen LogP contribution in [0.1, 0.15) is 10.5 Å². The molecule has 80 valence electrons. The van der Waals surface area contributed by atoms with Gasteiger partial charge in [0.1, 0.15) is 5.82 Å². The van der Waals surface area contributed by atoms with E-state index in [9.17, 15) is 4.79 Å². The van der Waals surface area contributed by atoms with Crippen molar-refractivity contribution in [3.05, 3.63) is 42.4 Å². The minimum Gasteiger partial charge on any atom is -0.477 e. The number of nitrogens with two attached hydrogens (primary N) is 1. The van der Waals surface area contributed by atoms with Crippen LogP contribution in [-0.4, -0.2) is 21.0 Å². The zero-order chi connectivity index (χ0) is 11.5. The number of carbonyl (C=O) groups is 1. The van der Waals surface area contributed by atoms with Crippen molar-refractivity contribution in [1.29, 1.82) is 0 Å². The predicted octanol–water partition coefficient (Wildman–Crippen LogP) is 1.42. The summed E-state index contributed by atoms with van der Waals surface area (Å²) in [5.74, 6) is -0.890. The number of carboxylic acids is 1.